The van der Waals surface area contributed by atoms with Gasteiger partial charge in [-0.05, 0) is 129 Å². The van der Waals surface area contributed by atoms with E-state index in [0.29, 0.717) is 51.0 Å². The number of nitrogens with one attached hydrogen (secondary N) is 2. The van der Waals surface area contributed by atoms with Crippen molar-refractivity contribution in [1.82, 2.24) is 35.1 Å². The van der Waals surface area contributed by atoms with Crippen molar-refractivity contribution in [3.05, 3.63) is 83.7 Å². The van der Waals surface area contributed by atoms with Crippen LogP contribution >= 0.6 is 0 Å². The number of amides is 3. The molecule has 2 aromatic carbocycles. The van der Waals surface area contributed by atoms with E-state index in [9.17, 15) is 24.3 Å². The quantitative estimate of drug-likeness (QED) is 0.129. The van der Waals surface area contributed by atoms with E-state index in [1.807, 2.05) is 44.3 Å². The predicted molar refractivity (Wildman–Crippen MR) is 246 cm³/mol. The van der Waals surface area contributed by atoms with E-state index in [0.717, 1.165) is 62.9 Å². The number of hydrogen-bond acceptors (Lipinski definition) is 9. The fourth-order valence-electron chi connectivity index (χ4n) is 10.2. The smallest absolute Gasteiger partial charge is 0.324 e. The second kappa shape index (κ2) is 18.7. The molecule has 0 spiro atoms. The molecule has 1 unspecified atom stereocenters. The molecule has 6 bridgehead atoms. The number of benzene rings is 2. The molecule has 0 radical (unpaired) electrons. The standard InChI is InChI=1S/C50H65N7O6/c1-10-43(59)55-18-16-33(28-55)27-54(9)45(30(3)4)47(60)52-41-21-34-19-36(22-37(58)20-34)35-14-15-42-38(23-35)39(46(56(42)11-2)44-31(5)25-51-26-32(44)6)24-50(7,8)29-63-49(62)40-13-12-17-57(53-40)48(41)61/h10,14-15,19-20,22-23,25-26,30,33,40-41,45,53,58H,1,11-13,16-18,21,24,27-29H2,2-9H3,(H,52,60)/t33?,40-,41-,45-/m0/s1. The number of phenolic OH excluding ortho intramolecular Hbond substituents is 1. The number of aromatic hydroxyl groups is 1. The van der Waals surface area contributed by atoms with Crippen LogP contribution in [0.1, 0.15) is 76.1 Å². The van der Waals surface area contributed by atoms with Gasteiger partial charge in [0.25, 0.3) is 5.91 Å². The fourth-order valence-corrected chi connectivity index (χ4v) is 10.2. The largest absolute Gasteiger partial charge is 0.508 e. The van der Waals surface area contributed by atoms with Gasteiger partial charge in [0.15, 0.2) is 0 Å². The zero-order valence-electron chi connectivity index (χ0n) is 38.3. The van der Waals surface area contributed by atoms with E-state index in [1.54, 1.807) is 17.0 Å². The number of likely N-dealkylation sites (N-methyl/N-ethyl adjacent to an activating group) is 1. The van der Waals surface area contributed by atoms with Gasteiger partial charge in [0, 0.05) is 73.4 Å². The van der Waals surface area contributed by atoms with Gasteiger partial charge in [0.1, 0.15) is 17.8 Å². The van der Waals surface area contributed by atoms with Crippen LogP contribution in [0.15, 0.2) is 61.4 Å². The maximum absolute atomic E-state index is 14.7. The number of phenols is 1. The zero-order chi connectivity index (χ0) is 45.3. The highest BCUT2D eigenvalue weighted by atomic mass is 16.5. The lowest BCUT2D eigenvalue weighted by atomic mass is 9.83. The van der Waals surface area contributed by atoms with Gasteiger partial charge in [-0.3, -0.25) is 34.1 Å². The summed E-state index contributed by atoms with van der Waals surface area (Å²) in [6, 6.07) is 9.40. The number of fused-ring (bicyclic) bond motifs is 6. The van der Waals surface area contributed by atoms with Crippen LogP contribution in [0.5, 0.6) is 5.75 Å². The first-order valence-electron chi connectivity index (χ1n) is 22.5. The second-order valence-corrected chi connectivity index (χ2v) is 19.1. The number of pyridine rings is 1. The SMILES string of the molecule is C=CC(=O)N1CCC(CN(C)[C@H](C(=O)N[C@H]2Cc3cc(O)cc(c3)-c3ccc4c(c3)c(c(-c3c(C)cncc3C)n4CC)CC(C)(C)COC(=O)[C@@H]3CCCN(N3)C2=O)C(C)C)C1. The van der Waals surface area contributed by atoms with E-state index in [1.165, 1.54) is 11.1 Å². The molecule has 2 fully saturated rings. The van der Waals surface area contributed by atoms with Gasteiger partial charge in [-0.2, -0.15) is 0 Å². The van der Waals surface area contributed by atoms with E-state index < -0.39 is 29.5 Å². The molecular weight excluding hydrogens is 795 g/mol. The number of esters is 1. The van der Waals surface area contributed by atoms with Crippen LogP contribution in [0.4, 0.5) is 0 Å². The van der Waals surface area contributed by atoms with Crippen LogP contribution in [-0.2, 0) is 43.3 Å². The molecule has 13 nitrogen and oxygen atoms in total. The number of aryl methyl sites for hydroxylation is 3. The number of likely N-dealkylation sites (tertiary alicyclic amines) is 1. The van der Waals surface area contributed by atoms with Gasteiger partial charge in [-0.1, -0.05) is 46.4 Å². The molecule has 0 aliphatic carbocycles. The van der Waals surface area contributed by atoms with Crippen LogP contribution < -0.4 is 10.7 Å². The molecule has 336 valence electrons. The van der Waals surface area contributed by atoms with Crippen molar-refractivity contribution in [3.63, 3.8) is 0 Å². The number of carbonyl (C=O) groups is 4. The Morgan fingerprint density at radius 1 is 1.08 bits per heavy atom. The minimum Gasteiger partial charge on any atom is -0.508 e. The van der Waals surface area contributed by atoms with Crippen LogP contribution in [-0.4, -0.2) is 111 Å². The Bertz CT molecular complexity index is 2380. The average Bonchev–Trinajstić information content (AvgIpc) is 3.83. The highest BCUT2D eigenvalue weighted by Gasteiger charge is 2.38. The van der Waals surface area contributed by atoms with Gasteiger partial charge in [0.2, 0.25) is 11.8 Å². The Hall–Kier alpha value is -5.53. The number of carbonyl (C=O) groups excluding carboxylic acids is 4. The molecular formula is C50H65N7O6. The molecule has 63 heavy (non-hydrogen) atoms. The van der Waals surface area contributed by atoms with Crippen molar-refractivity contribution in [1.29, 1.82) is 0 Å². The second-order valence-electron chi connectivity index (χ2n) is 19.1. The molecule has 3 N–H and O–H groups in total. The number of ether oxygens (including phenoxy) is 1. The summed E-state index contributed by atoms with van der Waals surface area (Å²) < 4.78 is 8.47. The lowest BCUT2D eigenvalue weighted by molar-refractivity contribution is -0.155. The lowest BCUT2D eigenvalue weighted by Gasteiger charge is -2.37. The minimum absolute atomic E-state index is 0.0463. The summed E-state index contributed by atoms with van der Waals surface area (Å²) in [5, 5.41) is 17.0. The number of aromatic nitrogens is 2. The van der Waals surface area contributed by atoms with Gasteiger partial charge in [0.05, 0.1) is 18.3 Å². The number of hydrazine groups is 1. The maximum Gasteiger partial charge on any atom is 0.324 e. The van der Waals surface area contributed by atoms with E-state index in [4.69, 9.17) is 4.74 Å². The summed E-state index contributed by atoms with van der Waals surface area (Å²) in [5.41, 5.74) is 11.6. The van der Waals surface area contributed by atoms with Crippen molar-refractivity contribution < 1.29 is 29.0 Å². The van der Waals surface area contributed by atoms with Gasteiger partial charge >= 0.3 is 5.97 Å². The average molecular weight is 860 g/mol. The molecule has 3 aliphatic rings. The number of nitrogens with zero attached hydrogens (tertiary/aromatic N) is 5. The minimum atomic E-state index is -1.03. The summed E-state index contributed by atoms with van der Waals surface area (Å²) in [6.07, 6.45) is 7.72. The maximum atomic E-state index is 14.7. The molecule has 2 saturated heterocycles. The molecule has 3 amide bonds. The first kappa shape index (κ1) is 45.5. The molecule has 0 saturated carbocycles. The Balaban J connectivity index is 1.29. The van der Waals surface area contributed by atoms with Gasteiger partial charge in [-0.15, -0.1) is 0 Å². The van der Waals surface area contributed by atoms with E-state index in [-0.39, 0.29) is 48.3 Å². The summed E-state index contributed by atoms with van der Waals surface area (Å²) in [5.74, 6) is -1.07. The first-order chi connectivity index (χ1) is 30.0. The Labute approximate surface area is 371 Å². The van der Waals surface area contributed by atoms with Crippen molar-refractivity contribution in [2.24, 2.45) is 17.3 Å². The highest BCUT2D eigenvalue weighted by Crippen LogP contribution is 2.42. The van der Waals surface area contributed by atoms with Crippen LogP contribution in [0.3, 0.4) is 0 Å². The third kappa shape index (κ3) is 9.69. The summed E-state index contributed by atoms with van der Waals surface area (Å²) in [7, 11) is 1.92. The summed E-state index contributed by atoms with van der Waals surface area (Å²) in [4.78, 5) is 63.7. The normalized spacial score (nSPS) is 21.1. The van der Waals surface area contributed by atoms with Gasteiger partial charge in [-0.25, -0.2) is 5.43 Å². The van der Waals surface area contributed by atoms with E-state index >= 15 is 0 Å². The summed E-state index contributed by atoms with van der Waals surface area (Å²) >= 11 is 0. The Kier molecular flexibility index (Phi) is 13.5. The van der Waals surface area contributed by atoms with Crippen molar-refractivity contribution in [2.75, 3.05) is 39.8 Å². The van der Waals surface area contributed by atoms with E-state index in [2.05, 4.69) is 79.7 Å². The molecule has 13 heteroatoms. The predicted octanol–water partition coefficient (Wildman–Crippen LogP) is 6.35. The topological polar surface area (TPSA) is 149 Å². The zero-order valence-corrected chi connectivity index (χ0v) is 38.3. The Morgan fingerprint density at radius 2 is 1.83 bits per heavy atom. The molecule has 7 rings (SSSR count). The molecule has 5 heterocycles. The van der Waals surface area contributed by atoms with Crippen LogP contribution in [0.2, 0.25) is 0 Å². The lowest BCUT2D eigenvalue weighted by Crippen LogP contribution is -2.62. The molecule has 4 aromatic rings. The summed E-state index contributed by atoms with van der Waals surface area (Å²) in [6.45, 7) is 21.2. The molecule has 4 atom stereocenters. The van der Waals surface area contributed by atoms with Crippen molar-refractivity contribution in [3.8, 4) is 28.1 Å². The third-order valence-corrected chi connectivity index (χ3v) is 13.1. The number of hydrogen-bond donors (Lipinski definition) is 3. The van der Waals surface area contributed by atoms with Crippen molar-refractivity contribution >= 4 is 34.6 Å². The Morgan fingerprint density at radius 3 is 2.52 bits per heavy atom. The number of rotatable bonds is 9. The monoisotopic (exact) mass is 859 g/mol. The van der Waals surface area contributed by atoms with Gasteiger partial charge < -0.3 is 24.6 Å². The molecule has 2 aromatic heterocycles. The van der Waals surface area contributed by atoms with Crippen LogP contribution in [0, 0.1) is 31.1 Å². The third-order valence-electron chi connectivity index (χ3n) is 13.1. The highest BCUT2D eigenvalue weighted by molar-refractivity contribution is 5.96. The van der Waals surface area contributed by atoms with Crippen molar-refractivity contribution in [2.45, 2.75) is 105 Å². The fraction of sp³-hybridized carbons (Fsp3) is 0.500. The first-order valence-corrected chi connectivity index (χ1v) is 22.5. The molecule has 3 aliphatic heterocycles. The van der Waals surface area contributed by atoms with Crippen LogP contribution in [0.25, 0.3) is 33.3 Å². The number of cyclic esters (lactones) is 1.